The Labute approximate surface area is 153 Å². The highest BCUT2D eigenvalue weighted by Gasteiger charge is 2.13. The first-order valence-electron chi connectivity index (χ1n) is 7.44. The summed E-state index contributed by atoms with van der Waals surface area (Å²) in [4.78, 5) is 16.0. The molecule has 0 saturated heterocycles. The average Bonchev–Trinajstić information content (AvgIpc) is 3.06. The second-order valence-electron chi connectivity index (χ2n) is 5.32. The monoisotopic (exact) mass is 374 g/mol. The van der Waals surface area contributed by atoms with Gasteiger partial charge < -0.3 is 5.32 Å². The van der Waals surface area contributed by atoms with Gasteiger partial charge in [-0.1, -0.05) is 29.4 Å². The van der Waals surface area contributed by atoms with Gasteiger partial charge in [-0.15, -0.1) is 5.10 Å². The molecule has 2 heterocycles. The lowest BCUT2D eigenvalue weighted by atomic mass is 10.1. The molecular formula is C16H15ClN6OS. The summed E-state index contributed by atoms with van der Waals surface area (Å²) in [7, 11) is 0. The zero-order valence-corrected chi connectivity index (χ0v) is 15.2. The SMILES string of the molecule is Cc1ccc(-n2nnnc2SCC(=O)Nc2cccnc2Cl)cc1C. The van der Waals surface area contributed by atoms with Crippen molar-refractivity contribution >= 4 is 35.0 Å². The third-order valence-corrected chi connectivity index (χ3v) is 4.76. The van der Waals surface area contributed by atoms with Crippen molar-refractivity contribution in [1.29, 1.82) is 0 Å². The maximum atomic E-state index is 12.1. The molecule has 0 bridgehead atoms. The van der Waals surface area contributed by atoms with E-state index in [1.807, 2.05) is 32.0 Å². The third kappa shape index (κ3) is 4.15. The molecule has 25 heavy (non-hydrogen) atoms. The van der Waals surface area contributed by atoms with Gasteiger partial charge in [0.1, 0.15) is 0 Å². The van der Waals surface area contributed by atoms with E-state index in [1.165, 1.54) is 17.3 Å². The summed E-state index contributed by atoms with van der Waals surface area (Å²) >= 11 is 7.17. The molecule has 0 aliphatic carbocycles. The van der Waals surface area contributed by atoms with Gasteiger partial charge in [0.2, 0.25) is 11.1 Å². The molecule has 9 heteroatoms. The molecule has 2 aromatic heterocycles. The fourth-order valence-electron chi connectivity index (χ4n) is 2.08. The minimum atomic E-state index is -0.213. The number of thioether (sulfide) groups is 1. The Kier molecular flexibility index (Phi) is 5.30. The largest absolute Gasteiger partial charge is 0.323 e. The Morgan fingerprint density at radius 1 is 1.28 bits per heavy atom. The van der Waals surface area contributed by atoms with E-state index in [0.29, 0.717) is 10.8 Å². The van der Waals surface area contributed by atoms with Gasteiger partial charge in [0.05, 0.1) is 17.1 Å². The number of nitrogens with one attached hydrogen (secondary N) is 1. The molecule has 1 aromatic carbocycles. The number of carbonyl (C=O) groups is 1. The van der Waals surface area contributed by atoms with Crippen LogP contribution in [0.15, 0.2) is 41.7 Å². The number of anilines is 1. The molecule has 128 valence electrons. The van der Waals surface area contributed by atoms with Gasteiger partial charge in [-0.25, -0.2) is 4.98 Å². The Morgan fingerprint density at radius 3 is 2.88 bits per heavy atom. The van der Waals surface area contributed by atoms with Crippen LogP contribution in [0.25, 0.3) is 5.69 Å². The van der Waals surface area contributed by atoms with E-state index < -0.39 is 0 Å². The van der Waals surface area contributed by atoms with Gasteiger partial charge in [-0.2, -0.15) is 4.68 Å². The predicted octanol–water partition coefficient (Wildman–Crippen LogP) is 3.06. The molecule has 0 radical (unpaired) electrons. The van der Waals surface area contributed by atoms with Gasteiger partial charge >= 0.3 is 0 Å². The summed E-state index contributed by atoms with van der Waals surface area (Å²) in [5, 5.41) is 15.2. The average molecular weight is 375 g/mol. The summed E-state index contributed by atoms with van der Waals surface area (Å²) in [5.41, 5.74) is 3.67. The van der Waals surface area contributed by atoms with Gasteiger partial charge in [0.25, 0.3) is 0 Å². The van der Waals surface area contributed by atoms with Crippen molar-refractivity contribution in [3.05, 3.63) is 52.8 Å². The molecular weight excluding hydrogens is 360 g/mol. The molecule has 0 saturated carbocycles. The number of nitrogens with zero attached hydrogens (tertiary/aromatic N) is 5. The molecule has 3 aromatic rings. The van der Waals surface area contributed by atoms with Crippen LogP contribution >= 0.6 is 23.4 Å². The lowest BCUT2D eigenvalue weighted by Crippen LogP contribution is -2.15. The first-order valence-corrected chi connectivity index (χ1v) is 8.80. The minimum Gasteiger partial charge on any atom is -0.323 e. The van der Waals surface area contributed by atoms with Gasteiger partial charge in [-0.3, -0.25) is 4.79 Å². The molecule has 7 nitrogen and oxygen atoms in total. The summed E-state index contributed by atoms with van der Waals surface area (Å²) in [6, 6.07) is 9.35. The normalized spacial score (nSPS) is 10.7. The number of aryl methyl sites for hydroxylation is 2. The minimum absolute atomic E-state index is 0.149. The van der Waals surface area contributed by atoms with E-state index in [4.69, 9.17) is 11.6 Å². The molecule has 3 rings (SSSR count). The number of carbonyl (C=O) groups excluding carboxylic acids is 1. The number of hydrogen-bond acceptors (Lipinski definition) is 6. The highest BCUT2D eigenvalue weighted by molar-refractivity contribution is 7.99. The smallest absolute Gasteiger partial charge is 0.234 e. The number of amides is 1. The van der Waals surface area contributed by atoms with E-state index in [0.717, 1.165) is 11.3 Å². The second-order valence-corrected chi connectivity index (χ2v) is 6.62. The number of benzene rings is 1. The number of aromatic nitrogens is 5. The van der Waals surface area contributed by atoms with Crippen molar-refractivity contribution in [3.63, 3.8) is 0 Å². The summed E-state index contributed by atoms with van der Waals surface area (Å²) in [6.07, 6.45) is 1.56. The molecule has 0 spiro atoms. The predicted molar refractivity (Wildman–Crippen MR) is 97.2 cm³/mol. The van der Waals surface area contributed by atoms with Crippen LogP contribution in [-0.2, 0) is 4.79 Å². The fourth-order valence-corrected chi connectivity index (χ4v) is 2.94. The van der Waals surface area contributed by atoms with Gasteiger partial charge in [-0.05, 0) is 59.7 Å². The standard InChI is InChI=1S/C16H15ClN6OS/c1-10-5-6-12(8-11(10)2)23-16(20-21-22-23)25-9-14(24)19-13-4-3-7-18-15(13)17/h3-8H,9H2,1-2H3,(H,19,24). The lowest BCUT2D eigenvalue weighted by Gasteiger charge is -2.08. The van der Waals surface area contributed by atoms with Crippen LogP contribution in [0, 0.1) is 13.8 Å². The van der Waals surface area contributed by atoms with E-state index >= 15 is 0 Å². The van der Waals surface area contributed by atoms with Gasteiger partial charge in [0, 0.05) is 6.20 Å². The molecule has 0 atom stereocenters. The summed E-state index contributed by atoms with van der Waals surface area (Å²) < 4.78 is 1.61. The van der Waals surface area contributed by atoms with Crippen molar-refractivity contribution in [3.8, 4) is 5.69 Å². The van der Waals surface area contributed by atoms with Crippen LogP contribution in [0.3, 0.4) is 0 Å². The van der Waals surface area contributed by atoms with E-state index in [-0.39, 0.29) is 16.8 Å². The topological polar surface area (TPSA) is 85.6 Å². The Hall–Kier alpha value is -2.45. The molecule has 0 fully saturated rings. The number of rotatable bonds is 5. The molecule has 1 amide bonds. The van der Waals surface area contributed by atoms with Crippen LogP contribution in [0.5, 0.6) is 0 Å². The van der Waals surface area contributed by atoms with Crippen LogP contribution in [0.2, 0.25) is 5.15 Å². The molecule has 0 aliphatic rings. The Bertz CT molecular complexity index is 913. The van der Waals surface area contributed by atoms with E-state index in [2.05, 4.69) is 25.8 Å². The van der Waals surface area contributed by atoms with E-state index in [1.54, 1.807) is 23.0 Å². The molecule has 1 N–H and O–H groups in total. The first-order chi connectivity index (χ1) is 12.0. The van der Waals surface area contributed by atoms with Crippen LogP contribution in [-0.4, -0.2) is 36.9 Å². The summed E-state index contributed by atoms with van der Waals surface area (Å²) in [5.74, 6) is -0.0641. The molecule has 0 aliphatic heterocycles. The number of halogens is 1. The van der Waals surface area contributed by atoms with Crippen molar-refractivity contribution in [2.75, 3.05) is 11.1 Å². The Morgan fingerprint density at radius 2 is 2.12 bits per heavy atom. The highest BCUT2D eigenvalue weighted by atomic mass is 35.5. The van der Waals surface area contributed by atoms with Crippen molar-refractivity contribution in [1.82, 2.24) is 25.2 Å². The second kappa shape index (κ2) is 7.62. The molecule has 0 unspecified atom stereocenters. The first kappa shape index (κ1) is 17.4. The third-order valence-electron chi connectivity index (χ3n) is 3.54. The Balaban J connectivity index is 1.68. The van der Waals surface area contributed by atoms with Crippen molar-refractivity contribution in [2.24, 2.45) is 0 Å². The van der Waals surface area contributed by atoms with Crippen molar-refractivity contribution < 1.29 is 4.79 Å². The zero-order chi connectivity index (χ0) is 17.8. The zero-order valence-electron chi connectivity index (χ0n) is 13.6. The quantitative estimate of drug-likeness (QED) is 0.545. The van der Waals surface area contributed by atoms with Crippen LogP contribution in [0.1, 0.15) is 11.1 Å². The van der Waals surface area contributed by atoms with Crippen LogP contribution in [0.4, 0.5) is 5.69 Å². The maximum absolute atomic E-state index is 12.1. The maximum Gasteiger partial charge on any atom is 0.234 e. The van der Waals surface area contributed by atoms with Crippen molar-refractivity contribution in [2.45, 2.75) is 19.0 Å². The van der Waals surface area contributed by atoms with Crippen LogP contribution < -0.4 is 5.32 Å². The fraction of sp³-hybridized carbons (Fsp3) is 0.188. The number of pyridine rings is 1. The summed E-state index contributed by atoms with van der Waals surface area (Å²) in [6.45, 7) is 4.07. The van der Waals surface area contributed by atoms with Gasteiger partial charge in [0.15, 0.2) is 5.15 Å². The number of tetrazole rings is 1. The highest BCUT2D eigenvalue weighted by Crippen LogP contribution is 2.21. The lowest BCUT2D eigenvalue weighted by molar-refractivity contribution is -0.113. The van der Waals surface area contributed by atoms with E-state index in [9.17, 15) is 4.79 Å². The number of hydrogen-bond donors (Lipinski definition) is 1.